The van der Waals surface area contributed by atoms with Crippen molar-refractivity contribution < 1.29 is 9.63 Å². The highest BCUT2D eigenvalue weighted by Crippen LogP contribution is 2.20. The first-order valence-electron chi connectivity index (χ1n) is 5.73. The topological polar surface area (TPSA) is 49.5 Å². The van der Waals surface area contributed by atoms with Crippen molar-refractivity contribution in [2.45, 2.75) is 12.6 Å². The van der Waals surface area contributed by atoms with Crippen molar-refractivity contribution in [3.05, 3.63) is 42.2 Å². The molecule has 0 aliphatic carbocycles. The monoisotopic (exact) mass is 230 g/mol. The lowest BCUT2D eigenvalue weighted by Crippen LogP contribution is -2.49. The number of aliphatic hydroxyl groups excluding tert-OH is 1. The number of hydrogen-bond acceptors (Lipinski definition) is 4. The van der Waals surface area contributed by atoms with Crippen LogP contribution in [0.2, 0.25) is 0 Å². The van der Waals surface area contributed by atoms with Gasteiger partial charge in [0.2, 0.25) is 0 Å². The number of aliphatic hydroxyl groups is 1. The van der Waals surface area contributed by atoms with E-state index in [9.17, 15) is 5.11 Å². The van der Waals surface area contributed by atoms with Crippen LogP contribution >= 0.6 is 0 Å². The second-order valence-corrected chi connectivity index (χ2v) is 4.39. The van der Waals surface area contributed by atoms with E-state index in [-0.39, 0.29) is 6.10 Å². The molecule has 0 atom stereocenters. The Bertz CT molecular complexity index is 489. The van der Waals surface area contributed by atoms with Crippen LogP contribution in [0.4, 0.5) is 0 Å². The molecule has 1 saturated heterocycles. The molecule has 0 spiro atoms. The van der Waals surface area contributed by atoms with E-state index in [4.69, 9.17) is 4.52 Å². The molecule has 1 aliphatic rings. The molecule has 0 amide bonds. The van der Waals surface area contributed by atoms with Gasteiger partial charge in [-0.1, -0.05) is 35.5 Å². The van der Waals surface area contributed by atoms with Gasteiger partial charge in [-0.3, -0.25) is 4.90 Å². The lowest BCUT2D eigenvalue weighted by atomic mass is 10.1. The molecule has 2 aromatic rings. The zero-order chi connectivity index (χ0) is 11.7. The summed E-state index contributed by atoms with van der Waals surface area (Å²) in [6.45, 7) is 2.17. The van der Waals surface area contributed by atoms with Crippen LogP contribution in [0.3, 0.4) is 0 Å². The molecule has 2 heterocycles. The third-order valence-electron chi connectivity index (χ3n) is 2.95. The molecular weight excluding hydrogens is 216 g/mol. The van der Waals surface area contributed by atoms with Gasteiger partial charge < -0.3 is 9.63 Å². The van der Waals surface area contributed by atoms with Gasteiger partial charge in [0.1, 0.15) is 5.69 Å². The molecule has 0 saturated carbocycles. The van der Waals surface area contributed by atoms with E-state index in [1.807, 2.05) is 36.4 Å². The maximum Gasteiger partial charge on any atom is 0.151 e. The molecule has 1 aromatic carbocycles. The van der Waals surface area contributed by atoms with Gasteiger partial charge in [-0.2, -0.15) is 0 Å². The first-order chi connectivity index (χ1) is 8.31. The summed E-state index contributed by atoms with van der Waals surface area (Å²) in [5.41, 5.74) is 1.92. The van der Waals surface area contributed by atoms with Crippen molar-refractivity contribution in [2.24, 2.45) is 0 Å². The minimum atomic E-state index is -0.175. The molecule has 0 unspecified atom stereocenters. The van der Waals surface area contributed by atoms with Gasteiger partial charge in [-0.05, 0) is 0 Å². The Morgan fingerprint density at radius 3 is 2.76 bits per heavy atom. The minimum absolute atomic E-state index is 0.175. The number of nitrogens with zero attached hydrogens (tertiary/aromatic N) is 2. The van der Waals surface area contributed by atoms with Crippen LogP contribution in [-0.4, -0.2) is 34.4 Å². The fourth-order valence-corrected chi connectivity index (χ4v) is 2.02. The second kappa shape index (κ2) is 4.31. The predicted molar refractivity (Wildman–Crippen MR) is 63.2 cm³/mol. The summed E-state index contributed by atoms with van der Waals surface area (Å²) in [5, 5.41) is 13.2. The summed E-state index contributed by atoms with van der Waals surface area (Å²) in [5.74, 6) is 0.843. The van der Waals surface area contributed by atoms with Gasteiger partial charge in [-0.15, -0.1) is 0 Å². The van der Waals surface area contributed by atoms with E-state index in [1.165, 1.54) is 0 Å². The third kappa shape index (κ3) is 2.23. The number of rotatable bonds is 3. The van der Waals surface area contributed by atoms with Crippen LogP contribution in [0.5, 0.6) is 0 Å². The standard InChI is InChI=1S/C13H14N2O2/c16-11-7-15(8-11)9-12-6-13(14-17-12)10-4-2-1-3-5-10/h1-6,11,16H,7-9H2. The molecule has 17 heavy (non-hydrogen) atoms. The van der Waals surface area contributed by atoms with Crippen LogP contribution in [0.15, 0.2) is 40.9 Å². The summed E-state index contributed by atoms with van der Waals surface area (Å²) in [7, 11) is 0. The molecule has 88 valence electrons. The van der Waals surface area contributed by atoms with Crippen LogP contribution < -0.4 is 0 Å². The Balaban J connectivity index is 1.70. The number of hydrogen-bond donors (Lipinski definition) is 1. The average molecular weight is 230 g/mol. The Labute approximate surface area is 99.5 Å². The van der Waals surface area contributed by atoms with Gasteiger partial charge in [0.05, 0.1) is 12.6 Å². The van der Waals surface area contributed by atoms with Crippen LogP contribution in [-0.2, 0) is 6.54 Å². The molecule has 4 heteroatoms. The summed E-state index contributed by atoms with van der Waals surface area (Å²) >= 11 is 0. The molecule has 0 radical (unpaired) electrons. The average Bonchev–Trinajstić information content (AvgIpc) is 2.77. The normalized spacial score (nSPS) is 17.0. The van der Waals surface area contributed by atoms with Gasteiger partial charge in [0, 0.05) is 24.7 Å². The highest BCUT2D eigenvalue weighted by molar-refractivity contribution is 5.58. The zero-order valence-electron chi connectivity index (χ0n) is 9.41. The quantitative estimate of drug-likeness (QED) is 0.868. The van der Waals surface area contributed by atoms with Gasteiger partial charge in [0.15, 0.2) is 5.76 Å². The van der Waals surface area contributed by atoms with E-state index in [2.05, 4.69) is 10.1 Å². The number of aromatic nitrogens is 1. The molecule has 0 bridgehead atoms. The second-order valence-electron chi connectivity index (χ2n) is 4.39. The third-order valence-corrected chi connectivity index (χ3v) is 2.95. The van der Waals surface area contributed by atoms with Crippen molar-refractivity contribution in [3.63, 3.8) is 0 Å². The van der Waals surface area contributed by atoms with Crippen molar-refractivity contribution in [2.75, 3.05) is 13.1 Å². The number of likely N-dealkylation sites (tertiary alicyclic amines) is 1. The lowest BCUT2D eigenvalue weighted by molar-refractivity contribution is -0.00715. The molecular formula is C13H14N2O2. The van der Waals surface area contributed by atoms with Crippen LogP contribution in [0.1, 0.15) is 5.76 Å². The molecule has 4 nitrogen and oxygen atoms in total. The van der Waals surface area contributed by atoms with E-state index >= 15 is 0 Å². The Hall–Kier alpha value is -1.65. The Morgan fingerprint density at radius 2 is 2.06 bits per heavy atom. The van der Waals surface area contributed by atoms with Crippen molar-refractivity contribution in [1.29, 1.82) is 0 Å². The van der Waals surface area contributed by atoms with Gasteiger partial charge >= 0.3 is 0 Å². The maximum absolute atomic E-state index is 9.19. The van der Waals surface area contributed by atoms with Gasteiger partial charge in [-0.25, -0.2) is 0 Å². The summed E-state index contributed by atoms with van der Waals surface area (Å²) < 4.78 is 5.29. The van der Waals surface area contributed by atoms with E-state index in [0.29, 0.717) is 0 Å². The molecule has 3 rings (SSSR count). The summed E-state index contributed by atoms with van der Waals surface area (Å²) in [4.78, 5) is 2.12. The Kier molecular flexibility index (Phi) is 2.66. The predicted octanol–water partition coefficient (Wildman–Crippen LogP) is 1.52. The smallest absolute Gasteiger partial charge is 0.151 e. The minimum Gasteiger partial charge on any atom is -0.390 e. The number of benzene rings is 1. The highest BCUT2D eigenvalue weighted by Gasteiger charge is 2.25. The molecule has 1 fully saturated rings. The lowest BCUT2D eigenvalue weighted by Gasteiger charge is -2.34. The fraction of sp³-hybridized carbons (Fsp3) is 0.308. The summed E-state index contributed by atoms with van der Waals surface area (Å²) in [6.07, 6.45) is -0.175. The fourth-order valence-electron chi connectivity index (χ4n) is 2.02. The molecule has 1 N–H and O–H groups in total. The van der Waals surface area contributed by atoms with E-state index in [1.54, 1.807) is 0 Å². The maximum atomic E-state index is 9.19. The zero-order valence-corrected chi connectivity index (χ0v) is 9.41. The molecule has 1 aromatic heterocycles. The van der Waals surface area contributed by atoms with Crippen molar-refractivity contribution >= 4 is 0 Å². The van der Waals surface area contributed by atoms with E-state index in [0.717, 1.165) is 36.7 Å². The van der Waals surface area contributed by atoms with Crippen LogP contribution in [0, 0.1) is 0 Å². The van der Waals surface area contributed by atoms with E-state index < -0.39 is 0 Å². The largest absolute Gasteiger partial charge is 0.390 e. The first-order valence-corrected chi connectivity index (χ1v) is 5.73. The SMILES string of the molecule is OC1CN(Cc2cc(-c3ccccc3)no2)C1. The first kappa shape index (κ1) is 10.5. The van der Waals surface area contributed by atoms with Crippen LogP contribution in [0.25, 0.3) is 11.3 Å². The summed E-state index contributed by atoms with van der Waals surface area (Å²) in [6, 6.07) is 11.9. The highest BCUT2D eigenvalue weighted by atomic mass is 16.5. The Morgan fingerprint density at radius 1 is 1.29 bits per heavy atom. The van der Waals surface area contributed by atoms with Crippen molar-refractivity contribution in [1.82, 2.24) is 10.1 Å². The number of β-amino-alcohol motifs (C(OH)–C–C–N with tert-alkyl or cyclic N) is 1. The van der Waals surface area contributed by atoms with Gasteiger partial charge in [0.25, 0.3) is 0 Å². The van der Waals surface area contributed by atoms with Crippen molar-refractivity contribution in [3.8, 4) is 11.3 Å². The molecule has 1 aliphatic heterocycles.